The van der Waals surface area contributed by atoms with E-state index in [4.69, 9.17) is 10.00 Å². The zero-order valence-corrected chi connectivity index (χ0v) is 13.0. The molecule has 1 unspecified atom stereocenters. The van der Waals surface area contributed by atoms with Crippen molar-refractivity contribution in [3.05, 3.63) is 35.6 Å². The number of aromatic nitrogens is 2. The summed E-state index contributed by atoms with van der Waals surface area (Å²) in [6.45, 7) is 0.620. The zero-order valence-electron chi connectivity index (χ0n) is 11.4. The van der Waals surface area contributed by atoms with Crippen LogP contribution in [0, 0.1) is 11.3 Å². The first-order valence-corrected chi connectivity index (χ1v) is 8.84. The molecular formula is C13H12N4O3S2. The molecule has 0 bridgehead atoms. The van der Waals surface area contributed by atoms with Crippen molar-refractivity contribution >= 4 is 21.4 Å². The molecule has 0 amide bonds. The van der Waals surface area contributed by atoms with Crippen molar-refractivity contribution in [2.24, 2.45) is 0 Å². The predicted molar refractivity (Wildman–Crippen MR) is 78.9 cm³/mol. The van der Waals surface area contributed by atoms with Gasteiger partial charge in [0.2, 0.25) is 5.69 Å². The van der Waals surface area contributed by atoms with Gasteiger partial charge in [-0.1, -0.05) is 6.07 Å². The minimum atomic E-state index is -3.47. The lowest BCUT2D eigenvalue weighted by molar-refractivity contribution is 0.205. The van der Waals surface area contributed by atoms with Gasteiger partial charge in [-0.3, -0.25) is 0 Å². The number of nitrogens with zero attached hydrogens (tertiary/aromatic N) is 4. The second-order valence-electron chi connectivity index (χ2n) is 4.65. The summed E-state index contributed by atoms with van der Waals surface area (Å²) in [6, 6.07) is 5.20. The molecule has 1 aliphatic rings. The lowest BCUT2D eigenvalue weighted by atomic mass is 10.3. The Morgan fingerprint density at radius 2 is 2.23 bits per heavy atom. The van der Waals surface area contributed by atoms with Crippen LogP contribution in [0.5, 0.6) is 5.88 Å². The number of nitriles is 1. The van der Waals surface area contributed by atoms with E-state index in [1.807, 2.05) is 6.07 Å². The van der Waals surface area contributed by atoms with Gasteiger partial charge < -0.3 is 4.74 Å². The van der Waals surface area contributed by atoms with Crippen LogP contribution in [-0.2, 0) is 10.0 Å². The van der Waals surface area contributed by atoms with Crippen LogP contribution in [-0.4, -0.2) is 41.9 Å². The second-order valence-corrected chi connectivity index (χ2v) is 7.76. The lowest BCUT2D eigenvalue weighted by Gasteiger charge is -2.16. The summed E-state index contributed by atoms with van der Waals surface area (Å²) in [5.41, 5.74) is 0.0991. The molecule has 2 aromatic rings. The Hall–Kier alpha value is -2.02. The highest BCUT2D eigenvalue weighted by Crippen LogP contribution is 2.26. The Bertz CT molecular complexity index is 799. The van der Waals surface area contributed by atoms with Crippen molar-refractivity contribution < 1.29 is 13.2 Å². The van der Waals surface area contributed by atoms with Crippen molar-refractivity contribution in [3.8, 4) is 11.9 Å². The third kappa shape index (κ3) is 2.81. The number of hydrogen-bond donors (Lipinski definition) is 0. The molecule has 0 spiro atoms. The van der Waals surface area contributed by atoms with Crippen LogP contribution in [0.2, 0.25) is 0 Å². The van der Waals surface area contributed by atoms with Crippen molar-refractivity contribution in [2.45, 2.75) is 16.7 Å². The van der Waals surface area contributed by atoms with E-state index in [1.165, 1.54) is 28.0 Å². The number of sulfonamides is 1. The monoisotopic (exact) mass is 336 g/mol. The van der Waals surface area contributed by atoms with Gasteiger partial charge in [0.15, 0.2) is 0 Å². The summed E-state index contributed by atoms with van der Waals surface area (Å²) < 4.78 is 32.2. The Morgan fingerprint density at radius 3 is 2.95 bits per heavy atom. The average molecular weight is 336 g/mol. The van der Waals surface area contributed by atoms with Gasteiger partial charge >= 0.3 is 0 Å². The van der Waals surface area contributed by atoms with Crippen LogP contribution in [0.25, 0.3) is 0 Å². The fraction of sp³-hybridized carbons (Fsp3) is 0.308. The molecule has 9 heteroatoms. The summed E-state index contributed by atoms with van der Waals surface area (Å²) in [4.78, 5) is 7.85. The van der Waals surface area contributed by atoms with E-state index in [0.717, 1.165) is 0 Å². The Kier molecular flexibility index (Phi) is 4.06. The third-order valence-electron chi connectivity index (χ3n) is 3.25. The molecule has 1 fully saturated rings. The number of hydrogen-bond acceptors (Lipinski definition) is 7. The van der Waals surface area contributed by atoms with Gasteiger partial charge in [0.25, 0.3) is 15.9 Å². The van der Waals surface area contributed by atoms with Crippen LogP contribution < -0.4 is 4.74 Å². The Morgan fingerprint density at radius 1 is 1.41 bits per heavy atom. The number of ether oxygens (including phenoxy) is 1. The van der Waals surface area contributed by atoms with Crippen LogP contribution in [0.15, 0.2) is 34.1 Å². The molecule has 22 heavy (non-hydrogen) atoms. The minimum absolute atomic E-state index is 0.0991. The molecule has 0 aliphatic carbocycles. The van der Waals surface area contributed by atoms with E-state index in [1.54, 1.807) is 17.5 Å². The lowest BCUT2D eigenvalue weighted by Crippen LogP contribution is -2.30. The zero-order chi connectivity index (χ0) is 15.6. The first kappa shape index (κ1) is 14.9. The summed E-state index contributed by atoms with van der Waals surface area (Å²) >= 11 is 1.19. The van der Waals surface area contributed by atoms with Crippen LogP contribution >= 0.6 is 11.3 Å². The van der Waals surface area contributed by atoms with E-state index >= 15 is 0 Å². The highest BCUT2D eigenvalue weighted by molar-refractivity contribution is 7.91. The fourth-order valence-corrected chi connectivity index (χ4v) is 4.83. The van der Waals surface area contributed by atoms with Crippen molar-refractivity contribution in [3.63, 3.8) is 0 Å². The van der Waals surface area contributed by atoms with E-state index in [0.29, 0.717) is 17.2 Å². The molecule has 0 radical (unpaired) electrons. The van der Waals surface area contributed by atoms with Crippen molar-refractivity contribution in [2.75, 3.05) is 13.1 Å². The van der Waals surface area contributed by atoms with Crippen LogP contribution in [0.3, 0.4) is 0 Å². The largest absolute Gasteiger partial charge is 0.471 e. The number of rotatable bonds is 4. The van der Waals surface area contributed by atoms with Gasteiger partial charge in [0.05, 0.1) is 6.54 Å². The highest BCUT2D eigenvalue weighted by Gasteiger charge is 2.34. The molecule has 1 aliphatic heterocycles. The maximum atomic E-state index is 12.4. The van der Waals surface area contributed by atoms with Crippen molar-refractivity contribution in [1.29, 1.82) is 5.26 Å². The maximum absolute atomic E-state index is 12.4. The van der Waals surface area contributed by atoms with E-state index in [9.17, 15) is 8.42 Å². The summed E-state index contributed by atoms with van der Waals surface area (Å²) in [6.07, 6.45) is 3.06. The Labute approximate surface area is 131 Å². The van der Waals surface area contributed by atoms with Crippen LogP contribution in [0.1, 0.15) is 12.1 Å². The molecule has 0 saturated carbocycles. The van der Waals surface area contributed by atoms with Gasteiger partial charge in [-0.2, -0.15) is 9.57 Å². The maximum Gasteiger partial charge on any atom is 0.252 e. The molecule has 1 saturated heterocycles. The van der Waals surface area contributed by atoms with E-state index in [-0.39, 0.29) is 24.2 Å². The smallest absolute Gasteiger partial charge is 0.252 e. The topological polar surface area (TPSA) is 96.2 Å². The van der Waals surface area contributed by atoms with Gasteiger partial charge in [0.1, 0.15) is 16.4 Å². The SMILES string of the molecule is N#Cc1nccnc1OC1CCN(S(=O)(=O)c2cccs2)C1. The molecule has 114 valence electrons. The Balaban J connectivity index is 1.72. The minimum Gasteiger partial charge on any atom is -0.471 e. The summed E-state index contributed by atoms with van der Waals surface area (Å²) in [5, 5.41) is 10.7. The average Bonchev–Trinajstić information content (AvgIpc) is 3.20. The summed E-state index contributed by atoms with van der Waals surface area (Å²) in [5.74, 6) is 0.144. The van der Waals surface area contributed by atoms with Crippen LogP contribution in [0.4, 0.5) is 0 Å². The molecule has 1 atom stereocenters. The standard InChI is InChI=1S/C13H12N4O3S2/c14-8-11-13(16-5-4-15-11)20-10-3-6-17(9-10)22(18,19)12-2-1-7-21-12/h1-2,4-5,7,10H,3,6,9H2. The van der Waals surface area contributed by atoms with Gasteiger partial charge in [-0.25, -0.2) is 18.4 Å². The quantitative estimate of drug-likeness (QED) is 0.834. The second kappa shape index (κ2) is 6.00. The molecule has 0 N–H and O–H groups in total. The highest BCUT2D eigenvalue weighted by atomic mass is 32.2. The fourth-order valence-electron chi connectivity index (χ4n) is 2.20. The third-order valence-corrected chi connectivity index (χ3v) is 6.48. The van der Waals surface area contributed by atoms with Gasteiger partial charge in [-0.05, 0) is 17.9 Å². The molecule has 0 aromatic carbocycles. The normalized spacial score (nSPS) is 19.0. The van der Waals surface area contributed by atoms with E-state index < -0.39 is 10.0 Å². The molecule has 3 rings (SSSR count). The van der Waals surface area contributed by atoms with Gasteiger partial charge in [0, 0.05) is 18.9 Å². The number of thiophene rings is 1. The molecule has 3 heterocycles. The first-order chi connectivity index (χ1) is 10.6. The molecular weight excluding hydrogens is 324 g/mol. The van der Waals surface area contributed by atoms with E-state index in [2.05, 4.69) is 9.97 Å². The molecule has 7 nitrogen and oxygen atoms in total. The summed E-state index contributed by atoms with van der Waals surface area (Å²) in [7, 11) is -3.47. The van der Waals surface area contributed by atoms with Crippen molar-refractivity contribution in [1.82, 2.24) is 14.3 Å². The molecule has 2 aromatic heterocycles. The first-order valence-electron chi connectivity index (χ1n) is 6.52. The predicted octanol–water partition coefficient (Wildman–Crippen LogP) is 1.25. The van der Waals surface area contributed by atoms with Gasteiger partial charge in [-0.15, -0.1) is 11.3 Å².